The van der Waals surface area contributed by atoms with E-state index in [4.69, 9.17) is 6.42 Å². The number of aromatic nitrogens is 1. The fourth-order valence-corrected chi connectivity index (χ4v) is 1.24. The van der Waals surface area contributed by atoms with E-state index >= 15 is 0 Å². The summed E-state index contributed by atoms with van der Waals surface area (Å²) >= 11 is 1.38. The molecule has 0 atom stereocenters. The van der Waals surface area contributed by atoms with Crippen LogP contribution < -0.4 is 5.32 Å². The number of terminal acetylenes is 1. The van der Waals surface area contributed by atoms with Gasteiger partial charge in [-0.05, 0) is 13.8 Å². The third-order valence-electron chi connectivity index (χ3n) is 1.45. The fourth-order valence-electron chi connectivity index (χ4n) is 0.709. The zero-order valence-corrected chi connectivity index (χ0v) is 8.31. The first-order valence-corrected chi connectivity index (χ1v) is 4.68. The Morgan fingerprint density at radius 2 is 2.46 bits per heavy atom. The maximum atomic E-state index is 11.4. The van der Waals surface area contributed by atoms with Crippen LogP contribution in [0.25, 0.3) is 0 Å². The number of thiazole rings is 1. The monoisotopic (exact) mass is 194 g/mol. The van der Waals surface area contributed by atoms with Gasteiger partial charge in [0, 0.05) is 5.38 Å². The number of amides is 1. The summed E-state index contributed by atoms with van der Waals surface area (Å²) in [6, 6.07) is 0. The second-order valence-corrected chi connectivity index (χ2v) is 3.82. The predicted molar refractivity (Wildman–Crippen MR) is 52.5 cm³/mol. The van der Waals surface area contributed by atoms with Crippen LogP contribution >= 0.6 is 11.3 Å². The molecule has 0 aliphatic heterocycles. The second-order valence-electron chi connectivity index (χ2n) is 3.10. The number of carbonyl (C=O) groups excluding carboxylic acids is 1. The summed E-state index contributed by atoms with van der Waals surface area (Å²) in [7, 11) is 0. The van der Waals surface area contributed by atoms with Crippen LogP contribution in [-0.2, 0) is 0 Å². The van der Waals surface area contributed by atoms with Crippen LogP contribution in [-0.4, -0.2) is 16.4 Å². The summed E-state index contributed by atoms with van der Waals surface area (Å²) < 4.78 is 0. The SMILES string of the molecule is C#CC(C)(C)NC(=O)c1cscn1. The van der Waals surface area contributed by atoms with Crippen LogP contribution in [0.5, 0.6) is 0 Å². The van der Waals surface area contributed by atoms with Crippen molar-refractivity contribution in [3.63, 3.8) is 0 Å². The van der Waals surface area contributed by atoms with E-state index in [1.54, 1.807) is 24.7 Å². The molecule has 0 unspecified atom stereocenters. The minimum absolute atomic E-state index is 0.232. The lowest BCUT2D eigenvalue weighted by molar-refractivity contribution is 0.0925. The highest BCUT2D eigenvalue weighted by molar-refractivity contribution is 7.07. The molecule has 13 heavy (non-hydrogen) atoms. The Balaban J connectivity index is 2.68. The van der Waals surface area contributed by atoms with Crippen LogP contribution in [0, 0.1) is 12.3 Å². The third kappa shape index (κ3) is 2.56. The molecule has 0 saturated carbocycles. The Labute approximate surface area is 81.2 Å². The van der Waals surface area contributed by atoms with Crippen molar-refractivity contribution in [1.29, 1.82) is 0 Å². The van der Waals surface area contributed by atoms with E-state index in [0.717, 1.165) is 0 Å². The molecule has 0 spiro atoms. The van der Waals surface area contributed by atoms with Gasteiger partial charge in [0.15, 0.2) is 0 Å². The molecule has 1 N–H and O–H groups in total. The summed E-state index contributed by atoms with van der Waals surface area (Å²) in [6.07, 6.45) is 5.23. The molecule has 0 bridgehead atoms. The van der Waals surface area contributed by atoms with Crippen molar-refractivity contribution in [2.24, 2.45) is 0 Å². The molecular weight excluding hydrogens is 184 g/mol. The Morgan fingerprint density at radius 1 is 1.77 bits per heavy atom. The second kappa shape index (κ2) is 3.58. The molecule has 0 radical (unpaired) electrons. The molecule has 0 aromatic carbocycles. The highest BCUT2D eigenvalue weighted by Gasteiger charge is 2.18. The summed E-state index contributed by atoms with van der Waals surface area (Å²) in [5.41, 5.74) is 1.40. The number of nitrogens with one attached hydrogen (secondary N) is 1. The topological polar surface area (TPSA) is 42.0 Å². The molecule has 1 heterocycles. The zero-order valence-electron chi connectivity index (χ0n) is 7.50. The van der Waals surface area contributed by atoms with Crippen molar-refractivity contribution in [1.82, 2.24) is 10.3 Å². The van der Waals surface area contributed by atoms with E-state index in [0.29, 0.717) is 5.69 Å². The third-order valence-corrected chi connectivity index (χ3v) is 2.04. The highest BCUT2D eigenvalue weighted by atomic mass is 32.1. The van der Waals surface area contributed by atoms with Crippen LogP contribution in [0.1, 0.15) is 24.3 Å². The standard InChI is InChI=1S/C9H10N2OS/c1-4-9(2,3)11-8(12)7-5-13-6-10-7/h1,5-6H,2-3H3,(H,11,12). The molecule has 4 heteroatoms. The summed E-state index contributed by atoms with van der Waals surface area (Å²) in [5, 5.41) is 4.36. The first kappa shape index (κ1) is 9.75. The average molecular weight is 194 g/mol. The molecule has 0 aliphatic carbocycles. The molecule has 1 rings (SSSR count). The van der Waals surface area contributed by atoms with Crippen LogP contribution in [0.3, 0.4) is 0 Å². The normalized spacial score (nSPS) is 10.5. The van der Waals surface area contributed by atoms with E-state index in [1.807, 2.05) is 0 Å². The molecule has 1 amide bonds. The van der Waals surface area contributed by atoms with Gasteiger partial charge in [0.25, 0.3) is 5.91 Å². The highest BCUT2D eigenvalue weighted by Crippen LogP contribution is 2.04. The smallest absolute Gasteiger partial charge is 0.271 e. The minimum Gasteiger partial charge on any atom is -0.335 e. The maximum Gasteiger partial charge on any atom is 0.271 e. The maximum absolute atomic E-state index is 11.4. The van der Waals surface area contributed by atoms with Gasteiger partial charge in [0.05, 0.1) is 11.0 Å². The van der Waals surface area contributed by atoms with Gasteiger partial charge in [0.2, 0.25) is 0 Å². The minimum atomic E-state index is -0.624. The van der Waals surface area contributed by atoms with E-state index in [1.165, 1.54) is 11.3 Å². The van der Waals surface area contributed by atoms with Crippen LogP contribution in [0.15, 0.2) is 10.9 Å². The molecule has 0 fully saturated rings. The number of carbonyl (C=O) groups is 1. The Hall–Kier alpha value is -1.34. The number of hydrogen-bond donors (Lipinski definition) is 1. The summed E-state index contributed by atoms with van der Waals surface area (Å²) in [4.78, 5) is 15.3. The molecule has 1 aromatic heterocycles. The van der Waals surface area contributed by atoms with E-state index < -0.39 is 5.54 Å². The van der Waals surface area contributed by atoms with Crippen molar-refractivity contribution >= 4 is 17.2 Å². The van der Waals surface area contributed by atoms with Crippen molar-refractivity contribution in [2.75, 3.05) is 0 Å². The number of hydrogen-bond acceptors (Lipinski definition) is 3. The Morgan fingerprint density at radius 3 is 2.92 bits per heavy atom. The van der Waals surface area contributed by atoms with Gasteiger partial charge in [0.1, 0.15) is 5.69 Å². The van der Waals surface area contributed by atoms with Crippen LogP contribution in [0.4, 0.5) is 0 Å². The zero-order chi connectivity index (χ0) is 9.90. The van der Waals surface area contributed by atoms with E-state index in [-0.39, 0.29) is 5.91 Å². The molecule has 68 valence electrons. The van der Waals surface area contributed by atoms with E-state index in [9.17, 15) is 4.79 Å². The lowest BCUT2D eigenvalue weighted by Crippen LogP contribution is -2.42. The van der Waals surface area contributed by atoms with Crippen molar-refractivity contribution < 1.29 is 4.79 Å². The van der Waals surface area contributed by atoms with Crippen molar-refractivity contribution in [3.05, 3.63) is 16.6 Å². The largest absolute Gasteiger partial charge is 0.335 e. The lowest BCUT2D eigenvalue weighted by atomic mass is 10.1. The molecular formula is C9H10N2OS. The summed E-state index contributed by atoms with van der Waals surface area (Å²) in [6.45, 7) is 3.52. The Bertz CT molecular complexity index is 335. The van der Waals surface area contributed by atoms with Gasteiger partial charge in [-0.3, -0.25) is 4.79 Å². The molecule has 0 saturated heterocycles. The van der Waals surface area contributed by atoms with Crippen molar-refractivity contribution in [2.45, 2.75) is 19.4 Å². The van der Waals surface area contributed by atoms with E-state index in [2.05, 4.69) is 16.2 Å². The van der Waals surface area contributed by atoms with Gasteiger partial charge < -0.3 is 5.32 Å². The van der Waals surface area contributed by atoms with Gasteiger partial charge in [-0.15, -0.1) is 17.8 Å². The average Bonchev–Trinajstić information content (AvgIpc) is 2.55. The van der Waals surface area contributed by atoms with Gasteiger partial charge >= 0.3 is 0 Å². The van der Waals surface area contributed by atoms with Crippen molar-refractivity contribution in [3.8, 4) is 12.3 Å². The number of nitrogens with zero attached hydrogens (tertiary/aromatic N) is 1. The fraction of sp³-hybridized carbons (Fsp3) is 0.333. The molecule has 3 nitrogen and oxygen atoms in total. The number of rotatable bonds is 2. The van der Waals surface area contributed by atoms with Gasteiger partial charge in [-0.25, -0.2) is 4.98 Å². The van der Waals surface area contributed by atoms with Gasteiger partial charge in [-0.2, -0.15) is 0 Å². The first-order valence-electron chi connectivity index (χ1n) is 3.73. The summed E-state index contributed by atoms with van der Waals surface area (Å²) in [5.74, 6) is 2.25. The van der Waals surface area contributed by atoms with Crippen LogP contribution in [0.2, 0.25) is 0 Å². The molecule has 0 aliphatic rings. The molecule has 1 aromatic rings. The quantitative estimate of drug-likeness (QED) is 0.721. The first-order chi connectivity index (χ1) is 6.05. The lowest BCUT2D eigenvalue weighted by Gasteiger charge is -2.18. The Kier molecular flexibility index (Phi) is 2.69. The predicted octanol–water partition coefficient (Wildman–Crippen LogP) is 1.28. The van der Waals surface area contributed by atoms with Gasteiger partial charge in [-0.1, -0.05) is 5.92 Å².